The van der Waals surface area contributed by atoms with E-state index in [9.17, 15) is 5.11 Å². The molecule has 0 spiro atoms. The Morgan fingerprint density at radius 2 is 2.25 bits per heavy atom. The maximum absolute atomic E-state index is 9.29. The zero-order valence-corrected chi connectivity index (χ0v) is 6.87. The van der Waals surface area contributed by atoms with Crippen LogP contribution in [0.25, 0.3) is 5.57 Å². The fourth-order valence-corrected chi connectivity index (χ4v) is 1.32. The van der Waals surface area contributed by atoms with Gasteiger partial charge in [-0.2, -0.15) is 0 Å². The van der Waals surface area contributed by atoms with E-state index in [1.165, 1.54) is 0 Å². The highest BCUT2D eigenvalue weighted by atomic mass is 16.6. The fraction of sp³-hybridized carbons (Fsp3) is 0.200. The lowest BCUT2D eigenvalue weighted by Gasteiger charge is -2.01. The van der Waals surface area contributed by atoms with E-state index in [0.29, 0.717) is 5.57 Å². The van der Waals surface area contributed by atoms with Gasteiger partial charge in [-0.25, -0.2) is 0 Å². The van der Waals surface area contributed by atoms with Crippen LogP contribution in [-0.2, 0) is 0 Å². The summed E-state index contributed by atoms with van der Waals surface area (Å²) < 4.78 is 5.16. The summed E-state index contributed by atoms with van der Waals surface area (Å²) in [6.45, 7) is 5.71. The highest BCUT2D eigenvalue weighted by Crippen LogP contribution is 2.35. The lowest BCUT2D eigenvalue weighted by molar-refractivity contribution is 0.0445. The summed E-state index contributed by atoms with van der Waals surface area (Å²) in [6, 6.07) is 5.80. The zero-order chi connectivity index (χ0) is 8.72. The first-order valence-corrected chi connectivity index (χ1v) is 3.83. The second-order valence-corrected chi connectivity index (χ2v) is 3.00. The third-order valence-corrected chi connectivity index (χ3v) is 2.02. The molecule has 1 aromatic carbocycles. The van der Waals surface area contributed by atoms with E-state index in [-0.39, 0.29) is 0 Å². The third-order valence-electron chi connectivity index (χ3n) is 2.02. The number of ether oxygens (including phenoxy) is 1. The van der Waals surface area contributed by atoms with Crippen molar-refractivity contribution in [2.75, 3.05) is 0 Å². The van der Waals surface area contributed by atoms with Crippen LogP contribution in [0.15, 0.2) is 24.8 Å². The van der Waals surface area contributed by atoms with Crippen molar-refractivity contribution in [3.8, 4) is 5.75 Å². The van der Waals surface area contributed by atoms with Gasteiger partial charge in [0.1, 0.15) is 5.75 Å². The molecular formula is C10H10O2. The number of fused-ring (bicyclic) bond motifs is 1. The Labute approximate surface area is 71.1 Å². The van der Waals surface area contributed by atoms with Gasteiger partial charge in [-0.1, -0.05) is 18.7 Å². The van der Waals surface area contributed by atoms with E-state index in [1.54, 1.807) is 0 Å². The molecule has 0 saturated heterocycles. The van der Waals surface area contributed by atoms with Crippen molar-refractivity contribution in [3.05, 3.63) is 35.9 Å². The van der Waals surface area contributed by atoms with Crippen LogP contribution in [0.4, 0.5) is 0 Å². The molecule has 0 saturated carbocycles. The van der Waals surface area contributed by atoms with Gasteiger partial charge in [0.15, 0.2) is 0 Å². The summed E-state index contributed by atoms with van der Waals surface area (Å²) in [4.78, 5) is 0. The molecule has 0 radical (unpaired) electrons. The van der Waals surface area contributed by atoms with Gasteiger partial charge in [0.25, 0.3) is 0 Å². The highest BCUT2D eigenvalue weighted by Gasteiger charge is 2.24. The van der Waals surface area contributed by atoms with Crippen LogP contribution in [0.2, 0.25) is 0 Å². The molecular weight excluding hydrogens is 152 g/mol. The van der Waals surface area contributed by atoms with Gasteiger partial charge in [-0.05, 0) is 18.6 Å². The van der Waals surface area contributed by atoms with E-state index in [4.69, 9.17) is 4.74 Å². The predicted molar refractivity (Wildman–Crippen MR) is 46.8 cm³/mol. The van der Waals surface area contributed by atoms with E-state index < -0.39 is 6.29 Å². The van der Waals surface area contributed by atoms with Gasteiger partial charge in [-0.3, -0.25) is 0 Å². The van der Waals surface area contributed by atoms with Crippen molar-refractivity contribution >= 4 is 5.57 Å². The Kier molecular flexibility index (Phi) is 1.45. The SMILES string of the molecule is C=C1c2ccc(C)cc2O[C@H]1O. The van der Waals surface area contributed by atoms with Crippen LogP contribution >= 0.6 is 0 Å². The molecule has 0 aliphatic carbocycles. The molecule has 1 aliphatic heterocycles. The predicted octanol–water partition coefficient (Wildman–Crippen LogP) is 1.72. The number of aliphatic hydroxyl groups is 1. The molecule has 1 aliphatic rings. The molecule has 1 heterocycles. The quantitative estimate of drug-likeness (QED) is 0.629. The van der Waals surface area contributed by atoms with Gasteiger partial charge in [0.2, 0.25) is 6.29 Å². The second kappa shape index (κ2) is 2.35. The van der Waals surface area contributed by atoms with Gasteiger partial charge in [0.05, 0.1) is 0 Å². The Bertz CT molecular complexity index is 342. The summed E-state index contributed by atoms with van der Waals surface area (Å²) in [7, 11) is 0. The summed E-state index contributed by atoms with van der Waals surface area (Å²) in [5.41, 5.74) is 2.67. The molecule has 1 N–H and O–H groups in total. The molecule has 2 rings (SSSR count). The van der Waals surface area contributed by atoms with Crippen molar-refractivity contribution in [2.24, 2.45) is 0 Å². The molecule has 0 aromatic heterocycles. The highest BCUT2D eigenvalue weighted by molar-refractivity contribution is 5.74. The van der Waals surface area contributed by atoms with Crippen molar-refractivity contribution in [1.82, 2.24) is 0 Å². The zero-order valence-electron chi connectivity index (χ0n) is 6.87. The molecule has 0 amide bonds. The van der Waals surface area contributed by atoms with Crippen LogP contribution < -0.4 is 4.74 Å². The number of rotatable bonds is 0. The van der Waals surface area contributed by atoms with Gasteiger partial charge in [-0.15, -0.1) is 0 Å². The first kappa shape index (κ1) is 7.37. The van der Waals surface area contributed by atoms with Crippen LogP contribution in [0.1, 0.15) is 11.1 Å². The second-order valence-electron chi connectivity index (χ2n) is 3.00. The number of aryl methyl sites for hydroxylation is 1. The minimum absolute atomic E-state index is 0.644. The first-order chi connectivity index (χ1) is 5.68. The summed E-state index contributed by atoms with van der Waals surface area (Å²) in [5, 5.41) is 9.29. The minimum atomic E-state index is -0.859. The first-order valence-electron chi connectivity index (χ1n) is 3.83. The molecule has 0 fully saturated rings. The van der Waals surface area contributed by atoms with Crippen LogP contribution in [-0.4, -0.2) is 11.4 Å². The molecule has 12 heavy (non-hydrogen) atoms. The topological polar surface area (TPSA) is 29.5 Å². The normalized spacial score (nSPS) is 20.5. The average molecular weight is 162 g/mol. The molecule has 0 bridgehead atoms. The lowest BCUT2D eigenvalue weighted by atomic mass is 10.1. The molecule has 0 unspecified atom stereocenters. The molecule has 1 atom stereocenters. The van der Waals surface area contributed by atoms with Crippen molar-refractivity contribution in [3.63, 3.8) is 0 Å². The van der Waals surface area contributed by atoms with Crippen LogP contribution in [0.3, 0.4) is 0 Å². The largest absolute Gasteiger partial charge is 0.460 e. The molecule has 2 heteroatoms. The number of hydrogen-bond donors (Lipinski definition) is 1. The number of aliphatic hydroxyl groups excluding tert-OH is 1. The van der Waals surface area contributed by atoms with Crippen molar-refractivity contribution in [2.45, 2.75) is 13.2 Å². The summed E-state index contributed by atoms with van der Waals surface area (Å²) in [6.07, 6.45) is -0.859. The molecule has 1 aromatic rings. The molecule has 62 valence electrons. The smallest absolute Gasteiger partial charge is 0.224 e. The van der Waals surface area contributed by atoms with Gasteiger partial charge < -0.3 is 9.84 Å². The number of hydrogen-bond acceptors (Lipinski definition) is 2. The van der Waals surface area contributed by atoms with Gasteiger partial charge >= 0.3 is 0 Å². The van der Waals surface area contributed by atoms with Crippen LogP contribution in [0, 0.1) is 6.92 Å². The maximum atomic E-state index is 9.29. The Morgan fingerprint density at radius 1 is 1.50 bits per heavy atom. The van der Waals surface area contributed by atoms with Crippen molar-refractivity contribution in [1.29, 1.82) is 0 Å². The van der Waals surface area contributed by atoms with E-state index in [1.807, 2.05) is 25.1 Å². The minimum Gasteiger partial charge on any atom is -0.460 e. The molecule has 2 nitrogen and oxygen atoms in total. The maximum Gasteiger partial charge on any atom is 0.224 e. The summed E-state index contributed by atoms with van der Waals surface area (Å²) in [5.74, 6) is 0.729. The Morgan fingerprint density at radius 3 is 3.00 bits per heavy atom. The van der Waals surface area contributed by atoms with E-state index >= 15 is 0 Å². The average Bonchev–Trinajstić information content (AvgIpc) is 2.28. The van der Waals surface area contributed by atoms with Crippen LogP contribution in [0.5, 0.6) is 5.75 Å². The Balaban J connectivity index is 2.54. The number of benzene rings is 1. The van der Waals surface area contributed by atoms with Crippen molar-refractivity contribution < 1.29 is 9.84 Å². The van der Waals surface area contributed by atoms with Gasteiger partial charge in [0, 0.05) is 11.1 Å². The lowest BCUT2D eigenvalue weighted by Crippen LogP contribution is -2.08. The summed E-state index contributed by atoms with van der Waals surface area (Å²) >= 11 is 0. The van der Waals surface area contributed by atoms with E-state index in [0.717, 1.165) is 16.9 Å². The standard InChI is InChI=1S/C10H10O2/c1-6-3-4-8-7(2)10(11)12-9(8)5-6/h3-5,10-11H,2H2,1H3/t10-/m1/s1. The van der Waals surface area contributed by atoms with E-state index in [2.05, 4.69) is 6.58 Å². The Hall–Kier alpha value is -1.28. The third kappa shape index (κ3) is 0.924. The monoisotopic (exact) mass is 162 g/mol. The fourth-order valence-electron chi connectivity index (χ4n) is 1.32.